The molecule has 6 heteroatoms. The van der Waals surface area contributed by atoms with Gasteiger partial charge in [0, 0.05) is 32.2 Å². The van der Waals surface area contributed by atoms with E-state index in [0.29, 0.717) is 17.8 Å². The fourth-order valence-electron chi connectivity index (χ4n) is 3.48. The predicted octanol–water partition coefficient (Wildman–Crippen LogP) is 2.39. The van der Waals surface area contributed by atoms with Gasteiger partial charge in [-0.25, -0.2) is 0 Å². The highest BCUT2D eigenvalue weighted by Crippen LogP contribution is 2.32. The number of ether oxygens (including phenoxy) is 1. The summed E-state index contributed by atoms with van der Waals surface area (Å²) in [6, 6.07) is 5.84. The van der Waals surface area contributed by atoms with Gasteiger partial charge in [0.05, 0.1) is 17.6 Å². The van der Waals surface area contributed by atoms with Gasteiger partial charge in [0.15, 0.2) is 0 Å². The Hall–Kier alpha value is -1.66. The van der Waals surface area contributed by atoms with E-state index >= 15 is 0 Å². The zero-order chi connectivity index (χ0) is 14.8. The van der Waals surface area contributed by atoms with Crippen LogP contribution in [0.3, 0.4) is 0 Å². The normalized spacial score (nSPS) is 25.6. The SMILES string of the molecule is CNc1cc(CN2CCOC3CCCC32)ccc1[N+](=O)[O-]. The number of morpholine rings is 1. The van der Waals surface area contributed by atoms with Crippen molar-refractivity contribution < 1.29 is 9.66 Å². The van der Waals surface area contributed by atoms with Crippen molar-refractivity contribution in [2.75, 3.05) is 25.5 Å². The van der Waals surface area contributed by atoms with E-state index in [-0.39, 0.29) is 10.6 Å². The number of nitrogens with zero attached hydrogens (tertiary/aromatic N) is 2. The van der Waals surface area contributed by atoms with Crippen molar-refractivity contribution in [1.29, 1.82) is 0 Å². The molecule has 0 radical (unpaired) electrons. The van der Waals surface area contributed by atoms with Crippen LogP contribution in [0, 0.1) is 10.1 Å². The third kappa shape index (κ3) is 2.87. The number of fused-ring (bicyclic) bond motifs is 1. The maximum absolute atomic E-state index is 11.0. The Morgan fingerprint density at radius 3 is 3.10 bits per heavy atom. The van der Waals surface area contributed by atoms with Gasteiger partial charge in [-0.05, 0) is 30.9 Å². The first-order valence-electron chi connectivity index (χ1n) is 7.50. The molecule has 1 N–H and O–H groups in total. The smallest absolute Gasteiger partial charge is 0.292 e. The van der Waals surface area contributed by atoms with E-state index < -0.39 is 0 Å². The van der Waals surface area contributed by atoms with Gasteiger partial charge in [0.2, 0.25) is 0 Å². The molecular formula is C15H21N3O3. The molecule has 0 spiro atoms. The second kappa shape index (κ2) is 5.99. The highest BCUT2D eigenvalue weighted by molar-refractivity contribution is 5.62. The van der Waals surface area contributed by atoms with Gasteiger partial charge in [-0.15, -0.1) is 0 Å². The fourth-order valence-corrected chi connectivity index (χ4v) is 3.48. The predicted molar refractivity (Wildman–Crippen MR) is 80.4 cm³/mol. The lowest BCUT2D eigenvalue weighted by Gasteiger charge is -2.37. The standard InChI is InChI=1S/C15H21N3O3/c1-16-12-9-11(5-6-13(12)18(19)20)10-17-7-8-21-15-4-2-3-14(15)17/h5-6,9,14-16H,2-4,7-8,10H2,1H3. The molecule has 2 fully saturated rings. The van der Waals surface area contributed by atoms with Crippen LogP contribution in [0.1, 0.15) is 24.8 Å². The van der Waals surface area contributed by atoms with E-state index in [0.717, 1.165) is 31.7 Å². The summed E-state index contributed by atoms with van der Waals surface area (Å²) in [6.45, 7) is 2.55. The lowest BCUT2D eigenvalue weighted by molar-refractivity contribution is -0.384. The van der Waals surface area contributed by atoms with Gasteiger partial charge in [-0.2, -0.15) is 0 Å². The molecule has 6 nitrogen and oxygen atoms in total. The molecule has 114 valence electrons. The summed E-state index contributed by atoms with van der Waals surface area (Å²) in [5, 5.41) is 13.9. The van der Waals surface area contributed by atoms with E-state index in [9.17, 15) is 10.1 Å². The lowest BCUT2D eigenvalue weighted by Crippen LogP contribution is -2.47. The summed E-state index contributed by atoms with van der Waals surface area (Å²) in [4.78, 5) is 13.1. The Morgan fingerprint density at radius 2 is 2.33 bits per heavy atom. The van der Waals surface area contributed by atoms with E-state index in [2.05, 4.69) is 10.2 Å². The monoisotopic (exact) mass is 291 g/mol. The van der Waals surface area contributed by atoms with Crippen LogP contribution in [0.5, 0.6) is 0 Å². The second-order valence-corrected chi connectivity index (χ2v) is 5.74. The molecule has 3 rings (SSSR count). The first-order chi connectivity index (χ1) is 10.2. The molecule has 0 aromatic heterocycles. The summed E-state index contributed by atoms with van der Waals surface area (Å²) < 4.78 is 5.82. The van der Waals surface area contributed by atoms with Gasteiger partial charge in [0.25, 0.3) is 5.69 Å². The van der Waals surface area contributed by atoms with E-state index in [1.165, 1.54) is 12.8 Å². The minimum Gasteiger partial charge on any atom is -0.383 e. The van der Waals surface area contributed by atoms with Crippen LogP contribution in [-0.4, -0.2) is 42.2 Å². The summed E-state index contributed by atoms with van der Waals surface area (Å²) in [5.74, 6) is 0. The minimum absolute atomic E-state index is 0.127. The van der Waals surface area contributed by atoms with Crippen molar-refractivity contribution in [2.45, 2.75) is 38.0 Å². The Bertz CT molecular complexity index is 535. The van der Waals surface area contributed by atoms with Crippen molar-refractivity contribution >= 4 is 11.4 Å². The third-order valence-electron chi connectivity index (χ3n) is 4.51. The number of hydrogen-bond donors (Lipinski definition) is 1. The molecule has 1 saturated carbocycles. The van der Waals surface area contributed by atoms with Crippen molar-refractivity contribution in [3.8, 4) is 0 Å². The van der Waals surface area contributed by atoms with Crippen molar-refractivity contribution in [3.63, 3.8) is 0 Å². The van der Waals surface area contributed by atoms with Gasteiger partial charge in [-0.3, -0.25) is 15.0 Å². The van der Waals surface area contributed by atoms with Crippen LogP contribution in [0.25, 0.3) is 0 Å². The Morgan fingerprint density at radius 1 is 1.48 bits per heavy atom. The van der Waals surface area contributed by atoms with Gasteiger partial charge in [-0.1, -0.05) is 6.07 Å². The fraction of sp³-hybridized carbons (Fsp3) is 0.600. The Kier molecular flexibility index (Phi) is 4.07. The molecule has 1 aromatic rings. The largest absolute Gasteiger partial charge is 0.383 e. The minimum atomic E-state index is -0.350. The number of rotatable bonds is 4. The van der Waals surface area contributed by atoms with Crippen molar-refractivity contribution in [2.24, 2.45) is 0 Å². The Labute approximate surface area is 124 Å². The van der Waals surface area contributed by atoms with E-state index in [4.69, 9.17) is 4.74 Å². The molecule has 2 atom stereocenters. The summed E-state index contributed by atoms with van der Waals surface area (Å²) in [7, 11) is 1.72. The molecule has 21 heavy (non-hydrogen) atoms. The molecule has 0 bridgehead atoms. The van der Waals surface area contributed by atoms with Crippen LogP contribution in [0.4, 0.5) is 11.4 Å². The van der Waals surface area contributed by atoms with Crippen LogP contribution in [-0.2, 0) is 11.3 Å². The highest BCUT2D eigenvalue weighted by atomic mass is 16.6. The first-order valence-corrected chi connectivity index (χ1v) is 7.50. The zero-order valence-electron chi connectivity index (χ0n) is 12.2. The summed E-state index contributed by atoms with van der Waals surface area (Å²) in [5.41, 5.74) is 1.81. The number of nitro benzene ring substituents is 1. The zero-order valence-corrected chi connectivity index (χ0v) is 12.2. The quantitative estimate of drug-likeness (QED) is 0.681. The Balaban J connectivity index is 1.76. The number of anilines is 1. The van der Waals surface area contributed by atoms with Crippen LogP contribution in [0.2, 0.25) is 0 Å². The summed E-state index contributed by atoms with van der Waals surface area (Å²) in [6.07, 6.45) is 3.95. The molecule has 1 aliphatic heterocycles. The topological polar surface area (TPSA) is 67.6 Å². The molecule has 1 aliphatic carbocycles. The summed E-state index contributed by atoms with van der Waals surface area (Å²) >= 11 is 0. The van der Waals surface area contributed by atoms with Crippen molar-refractivity contribution in [3.05, 3.63) is 33.9 Å². The molecular weight excluding hydrogens is 270 g/mol. The molecule has 1 heterocycles. The van der Waals surface area contributed by atoms with E-state index in [1.807, 2.05) is 12.1 Å². The van der Waals surface area contributed by atoms with Crippen LogP contribution < -0.4 is 5.32 Å². The molecule has 0 amide bonds. The number of hydrogen-bond acceptors (Lipinski definition) is 5. The number of nitrogens with one attached hydrogen (secondary N) is 1. The number of nitro groups is 1. The lowest BCUT2D eigenvalue weighted by atomic mass is 10.1. The van der Waals surface area contributed by atoms with Crippen LogP contribution >= 0.6 is 0 Å². The molecule has 1 aromatic carbocycles. The molecule has 2 unspecified atom stereocenters. The second-order valence-electron chi connectivity index (χ2n) is 5.74. The maximum Gasteiger partial charge on any atom is 0.292 e. The number of benzene rings is 1. The third-order valence-corrected chi connectivity index (χ3v) is 4.51. The van der Waals surface area contributed by atoms with Crippen LogP contribution in [0.15, 0.2) is 18.2 Å². The average Bonchev–Trinajstić information content (AvgIpc) is 2.96. The van der Waals surface area contributed by atoms with E-state index in [1.54, 1.807) is 13.1 Å². The van der Waals surface area contributed by atoms with Crippen molar-refractivity contribution in [1.82, 2.24) is 4.90 Å². The highest BCUT2D eigenvalue weighted by Gasteiger charge is 2.35. The maximum atomic E-state index is 11.0. The average molecular weight is 291 g/mol. The molecule has 2 aliphatic rings. The van der Waals surface area contributed by atoms with Gasteiger partial charge < -0.3 is 10.1 Å². The molecule has 1 saturated heterocycles. The van der Waals surface area contributed by atoms with Gasteiger partial charge >= 0.3 is 0 Å². The van der Waals surface area contributed by atoms with Gasteiger partial charge in [0.1, 0.15) is 5.69 Å². The first kappa shape index (κ1) is 14.3.